The van der Waals surface area contributed by atoms with Crippen molar-refractivity contribution in [3.05, 3.63) is 0 Å². The first kappa shape index (κ1) is 13.3. The van der Waals surface area contributed by atoms with Crippen molar-refractivity contribution < 1.29 is 4.74 Å². The monoisotopic (exact) mass is 269 g/mol. The normalized spacial score (nSPS) is 40.8. The lowest BCUT2D eigenvalue weighted by Crippen LogP contribution is -2.53. The van der Waals surface area contributed by atoms with Gasteiger partial charge in [-0.1, -0.05) is 25.7 Å². The summed E-state index contributed by atoms with van der Waals surface area (Å²) in [7, 11) is 0. The molecule has 2 N–H and O–H groups in total. The van der Waals surface area contributed by atoms with Crippen molar-refractivity contribution in [2.45, 2.75) is 68.9 Å². The van der Waals surface area contributed by atoms with Gasteiger partial charge in [0.05, 0.1) is 5.60 Å². The minimum Gasteiger partial charge on any atom is -0.374 e. The standard InChI is InChI=1S/C15H27NOS/c16-15(6-3-1-2-4-7-15)13-5-9-17-14(11-13)8-10-18-12-14/h13H,1-12,16H2. The van der Waals surface area contributed by atoms with E-state index in [9.17, 15) is 0 Å². The molecule has 2 unspecified atom stereocenters. The molecule has 0 aromatic rings. The Morgan fingerprint density at radius 3 is 2.50 bits per heavy atom. The van der Waals surface area contributed by atoms with Crippen LogP contribution in [0, 0.1) is 5.92 Å². The summed E-state index contributed by atoms with van der Waals surface area (Å²) in [6, 6.07) is 0. The van der Waals surface area contributed by atoms with Crippen LogP contribution in [0.4, 0.5) is 0 Å². The van der Waals surface area contributed by atoms with Gasteiger partial charge >= 0.3 is 0 Å². The number of hydrogen-bond acceptors (Lipinski definition) is 3. The topological polar surface area (TPSA) is 35.2 Å². The predicted octanol–water partition coefficient (Wildman–Crippen LogP) is 3.34. The Morgan fingerprint density at radius 2 is 1.83 bits per heavy atom. The Hall–Kier alpha value is 0.270. The predicted molar refractivity (Wildman–Crippen MR) is 78.0 cm³/mol. The van der Waals surface area contributed by atoms with Gasteiger partial charge in [0, 0.05) is 17.9 Å². The van der Waals surface area contributed by atoms with Crippen LogP contribution in [0.25, 0.3) is 0 Å². The molecular weight excluding hydrogens is 242 g/mol. The van der Waals surface area contributed by atoms with Crippen molar-refractivity contribution in [2.24, 2.45) is 11.7 Å². The molecule has 18 heavy (non-hydrogen) atoms. The summed E-state index contributed by atoms with van der Waals surface area (Å²) in [5.74, 6) is 3.20. The molecule has 1 spiro atoms. The van der Waals surface area contributed by atoms with Crippen LogP contribution in [-0.2, 0) is 4.74 Å². The molecule has 3 aliphatic rings. The van der Waals surface area contributed by atoms with E-state index in [-0.39, 0.29) is 11.1 Å². The van der Waals surface area contributed by atoms with Crippen LogP contribution in [-0.4, -0.2) is 29.3 Å². The zero-order valence-electron chi connectivity index (χ0n) is 11.5. The maximum absolute atomic E-state index is 6.82. The van der Waals surface area contributed by atoms with Crippen molar-refractivity contribution in [1.29, 1.82) is 0 Å². The minimum atomic E-state index is 0.126. The fraction of sp³-hybridized carbons (Fsp3) is 1.00. The van der Waals surface area contributed by atoms with Gasteiger partial charge in [0.2, 0.25) is 0 Å². The number of ether oxygens (including phenoxy) is 1. The van der Waals surface area contributed by atoms with Crippen LogP contribution in [0.5, 0.6) is 0 Å². The van der Waals surface area contributed by atoms with E-state index in [1.807, 2.05) is 0 Å². The molecule has 0 aromatic heterocycles. The third-order valence-electron chi connectivity index (χ3n) is 5.41. The Kier molecular flexibility index (Phi) is 3.93. The van der Waals surface area contributed by atoms with Gasteiger partial charge in [0.25, 0.3) is 0 Å². The Morgan fingerprint density at radius 1 is 1.06 bits per heavy atom. The van der Waals surface area contributed by atoms with Crippen LogP contribution in [0.1, 0.15) is 57.8 Å². The van der Waals surface area contributed by atoms with Crippen molar-refractivity contribution in [3.63, 3.8) is 0 Å². The molecule has 1 saturated carbocycles. The highest BCUT2D eigenvalue weighted by Gasteiger charge is 2.46. The number of hydrogen-bond donors (Lipinski definition) is 1. The molecule has 3 heteroatoms. The molecule has 0 radical (unpaired) electrons. The van der Waals surface area contributed by atoms with Crippen LogP contribution in [0.3, 0.4) is 0 Å². The molecule has 2 heterocycles. The molecule has 0 bridgehead atoms. The van der Waals surface area contributed by atoms with Gasteiger partial charge in [-0.3, -0.25) is 0 Å². The van der Waals surface area contributed by atoms with E-state index in [1.54, 1.807) is 0 Å². The molecule has 3 fully saturated rings. The summed E-state index contributed by atoms with van der Waals surface area (Å²) >= 11 is 2.07. The van der Waals surface area contributed by atoms with Crippen molar-refractivity contribution in [3.8, 4) is 0 Å². The fourth-order valence-electron chi connectivity index (χ4n) is 4.18. The maximum atomic E-state index is 6.82. The molecule has 2 saturated heterocycles. The largest absolute Gasteiger partial charge is 0.374 e. The highest BCUT2D eigenvalue weighted by molar-refractivity contribution is 7.99. The maximum Gasteiger partial charge on any atom is 0.0783 e. The van der Waals surface area contributed by atoms with Crippen molar-refractivity contribution in [1.82, 2.24) is 0 Å². The summed E-state index contributed by atoms with van der Waals surface area (Å²) in [5.41, 5.74) is 7.15. The van der Waals surface area contributed by atoms with Crippen LogP contribution in [0.15, 0.2) is 0 Å². The summed E-state index contributed by atoms with van der Waals surface area (Å²) in [6.45, 7) is 0.949. The lowest BCUT2D eigenvalue weighted by molar-refractivity contribution is -0.0938. The van der Waals surface area contributed by atoms with Gasteiger partial charge in [-0.05, 0) is 43.8 Å². The second kappa shape index (κ2) is 5.34. The third-order valence-corrected chi connectivity index (χ3v) is 6.63. The Bertz CT molecular complexity index is 280. The van der Waals surface area contributed by atoms with Crippen LogP contribution >= 0.6 is 11.8 Å². The average molecular weight is 269 g/mol. The zero-order valence-corrected chi connectivity index (χ0v) is 12.3. The van der Waals surface area contributed by atoms with Gasteiger partial charge in [0.15, 0.2) is 0 Å². The highest BCUT2D eigenvalue weighted by atomic mass is 32.2. The van der Waals surface area contributed by atoms with Gasteiger partial charge in [-0.15, -0.1) is 0 Å². The molecule has 0 amide bonds. The Labute approximate surface area is 115 Å². The Balaban J connectivity index is 1.70. The first-order valence-corrected chi connectivity index (χ1v) is 8.89. The smallest absolute Gasteiger partial charge is 0.0783 e. The van der Waals surface area contributed by atoms with E-state index in [4.69, 9.17) is 10.5 Å². The summed E-state index contributed by atoms with van der Waals surface area (Å²) in [4.78, 5) is 0. The average Bonchev–Trinajstić information content (AvgIpc) is 2.69. The van der Waals surface area contributed by atoms with E-state index in [2.05, 4.69) is 11.8 Å². The second-order valence-corrected chi connectivity index (χ2v) is 7.78. The first-order valence-electron chi connectivity index (χ1n) is 7.73. The molecule has 2 nitrogen and oxygen atoms in total. The van der Waals surface area contributed by atoms with E-state index in [0.717, 1.165) is 6.61 Å². The van der Waals surface area contributed by atoms with Gasteiger partial charge < -0.3 is 10.5 Å². The van der Waals surface area contributed by atoms with Gasteiger partial charge in [-0.2, -0.15) is 11.8 Å². The molecule has 3 rings (SSSR count). The number of nitrogens with two attached hydrogens (primary N) is 1. The number of thioether (sulfide) groups is 1. The molecule has 104 valence electrons. The first-order chi connectivity index (χ1) is 8.73. The van der Waals surface area contributed by atoms with E-state index >= 15 is 0 Å². The third kappa shape index (κ3) is 2.59. The van der Waals surface area contributed by atoms with E-state index in [1.165, 1.54) is 69.3 Å². The minimum absolute atomic E-state index is 0.126. The van der Waals surface area contributed by atoms with Gasteiger partial charge in [-0.25, -0.2) is 0 Å². The van der Waals surface area contributed by atoms with Crippen molar-refractivity contribution >= 4 is 11.8 Å². The zero-order chi connectivity index (χ0) is 12.5. The van der Waals surface area contributed by atoms with Crippen molar-refractivity contribution in [2.75, 3.05) is 18.1 Å². The lowest BCUT2D eigenvalue weighted by atomic mass is 9.70. The molecule has 0 aromatic carbocycles. The lowest BCUT2D eigenvalue weighted by Gasteiger charge is -2.46. The quantitative estimate of drug-likeness (QED) is 0.742. The second-order valence-electron chi connectivity index (χ2n) is 6.67. The fourth-order valence-corrected chi connectivity index (χ4v) is 5.56. The van der Waals surface area contributed by atoms with Crippen LogP contribution < -0.4 is 5.73 Å². The summed E-state index contributed by atoms with van der Waals surface area (Å²) in [6.07, 6.45) is 11.7. The SMILES string of the molecule is NC1(C2CCOC3(CCSC3)C2)CCCCCC1. The van der Waals surface area contributed by atoms with E-state index in [0.29, 0.717) is 5.92 Å². The molecular formula is C15H27NOS. The molecule has 2 atom stereocenters. The van der Waals surface area contributed by atoms with Crippen LogP contribution in [0.2, 0.25) is 0 Å². The van der Waals surface area contributed by atoms with E-state index < -0.39 is 0 Å². The summed E-state index contributed by atoms with van der Waals surface area (Å²) < 4.78 is 6.15. The van der Waals surface area contributed by atoms with Gasteiger partial charge in [0.1, 0.15) is 0 Å². The molecule has 1 aliphatic carbocycles. The highest BCUT2D eigenvalue weighted by Crippen LogP contribution is 2.45. The number of rotatable bonds is 1. The summed E-state index contributed by atoms with van der Waals surface area (Å²) in [5, 5.41) is 0. The molecule has 2 aliphatic heterocycles.